The molecule has 0 spiro atoms. The van der Waals surface area contributed by atoms with Gasteiger partial charge in [0, 0.05) is 5.92 Å². The standard InChI is InChI=1S/C21H21NO8/c23-16-17(24)20(27)30-18(16)15(19(25)26)22-21(28)29-9-14-12-7-3-1-5-10(12)11-6-2-4-8-13(11)14/h1-8,14-18,20,23-24,27H,9H2,(H,22,28)(H,25,26)/t15?,16-,17-,18?,20+/m1/s1. The maximum Gasteiger partial charge on any atom is 0.407 e. The Bertz CT molecular complexity index is 918. The number of ether oxygens (including phenoxy) is 2. The smallest absolute Gasteiger partial charge is 0.407 e. The number of fused-ring (bicyclic) bond motifs is 3. The number of aliphatic hydroxyl groups excluding tert-OH is 3. The van der Waals surface area contributed by atoms with Gasteiger partial charge in [0.2, 0.25) is 0 Å². The zero-order valence-electron chi connectivity index (χ0n) is 15.7. The van der Waals surface area contributed by atoms with E-state index in [1.165, 1.54) is 0 Å². The van der Waals surface area contributed by atoms with Crippen molar-refractivity contribution in [3.8, 4) is 11.1 Å². The molecule has 5 N–H and O–H groups in total. The molecular formula is C21H21NO8. The van der Waals surface area contributed by atoms with Gasteiger partial charge in [-0.3, -0.25) is 0 Å². The number of benzene rings is 2. The molecule has 2 aromatic rings. The minimum absolute atomic E-state index is 0.0223. The molecule has 158 valence electrons. The van der Waals surface area contributed by atoms with Gasteiger partial charge in [0.25, 0.3) is 0 Å². The molecular weight excluding hydrogens is 394 g/mol. The van der Waals surface area contributed by atoms with Gasteiger partial charge in [-0.05, 0) is 22.3 Å². The Labute approximate surface area is 171 Å². The minimum atomic E-state index is -1.75. The van der Waals surface area contributed by atoms with E-state index in [9.17, 15) is 30.0 Å². The number of carbonyl (C=O) groups is 2. The van der Waals surface area contributed by atoms with Crippen molar-refractivity contribution >= 4 is 12.1 Å². The van der Waals surface area contributed by atoms with Crippen molar-refractivity contribution in [2.45, 2.75) is 36.6 Å². The number of amides is 1. The molecule has 0 aromatic heterocycles. The van der Waals surface area contributed by atoms with Crippen LogP contribution in [0, 0.1) is 0 Å². The molecule has 9 nitrogen and oxygen atoms in total. The largest absolute Gasteiger partial charge is 0.480 e. The first-order valence-electron chi connectivity index (χ1n) is 9.42. The van der Waals surface area contributed by atoms with Crippen LogP contribution in [0.1, 0.15) is 17.0 Å². The monoisotopic (exact) mass is 415 g/mol. The zero-order valence-corrected chi connectivity index (χ0v) is 15.7. The highest BCUT2D eigenvalue weighted by Crippen LogP contribution is 2.44. The van der Waals surface area contributed by atoms with Crippen LogP contribution in [-0.2, 0) is 14.3 Å². The summed E-state index contributed by atoms with van der Waals surface area (Å²) < 4.78 is 10.2. The second kappa shape index (κ2) is 8.04. The summed E-state index contributed by atoms with van der Waals surface area (Å²) in [5.41, 5.74) is 4.11. The lowest BCUT2D eigenvalue weighted by atomic mass is 9.98. The first kappa shape index (κ1) is 20.3. The lowest BCUT2D eigenvalue weighted by Gasteiger charge is -2.23. The van der Waals surface area contributed by atoms with E-state index >= 15 is 0 Å². The van der Waals surface area contributed by atoms with Crippen LogP contribution in [0.25, 0.3) is 11.1 Å². The molecule has 0 saturated carbocycles. The van der Waals surface area contributed by atoms with Gasteiger partial charge in [0.05, 0.1) is 0 Å². The fourth-order valence-corrected chi connectivity index (χ4v) is 4.01. The fourth-order valence-electron chi connectivity index (χ4n) is 4.01. The van der Waals surface area contributed by atoms with E-state index in [4.69, 9.17) is 9.47 Å². The van der Waals surface area contributed by atoms with Crippen LogP contribution in [0.2, 0.25) is 0 Å². The van der Waals surface area contributed by atoms with E-state index in [1.807, 2.05) is 48.5 Å². The van der Waals surface area contributed by atoms with Gasteiger partial charge in [0.1, 0.15) is 24.9 Å². The number of carboxylic acid groups (broad SMARTS) is 1. The molecule has 1 amide bonds. The maximum atomic E-state index is 12.3. The molecule has 9 heteroatoms. The number of rotatable bonds is 5. The Kier molecular flexibility index (Phi) is 5.44. The van der Waals surface area contributed by atoms with E-state index < -0.39 is 42.7 Å². The molecule has 2 unspecified atom stereocenters. The molecule has 2 aliphatic rings. The summed E-state index contributed by atoms with van der Waals surface area (Å²) in [5, 5.41) is 40.5. The average molecular weight is 415 g/mol. The number of nitrogens with one attached hydrogen (secondary N) is 1. The Morgan fingerprint density at radius 1 is 0.967 bits per heavy atom. The van der Waals surface area contributed by atoms with E-state index in [-0.39, 0.29) is 12.5 Å². The second-order valence-electron chi connectivity index (χ2n) is 7.26. The third kappa shape index (κ3) is 3.52. The number of alkyl carbamates (subject to hydrolysis) is 1. The number of carboxylic acids is 1. The van der Waals surface area contributed by atoms with E-state index in [1.54, 1.807) is 0 Å². The van der Waals surface area contributed by atoms with Crippen LogP contribution in [-0.4, -0.2) is 69.7 Å². The topological polar surface area (TPSA) is 146 Å². The highest BCUT2D eigenvalue weighted by molar-refractivity contribution is 5.81. The molecule has 30 heavy (non-hydrogen) atoms. The van der Waals surface area contributed by atoms with Crippen molar-refractivity contribution in [1.29, 1.82) is 0 Å². The van der Waals surface area contributed by atoms with Crippen molar-refractivity contribution in [3.63, 3.8) is 0 Å². The Balaban J connectivity index is 1.45. The second-order valence-corrected chi connectivity index (χ2v) is 7.26. The summed E-state index contributed by atoms with van der Waals surface area (Å²) in [5.74, 6) is -1.71. The fraction of sp³-hybridized carbons (Fsp3) is 0.333. The van der Waals surface area contributed by atoms with Crippen molar-refractivity contribution in [1.82, 2.24) is 5.32 Å². The number of carbonyl (C=O) groups excluding carboxylic acids is 1. The Morgan fingerprint density at radius 2 is 1.53 bits per heavy atom. The van der Waals surface area contributed by atoms with Gasteiger partial charge in [-0.25, -0.2) is 9.59 Å². The Morgan fingerprint density at radius 3 is 2.03 bits per heavy atom. The van der Waals surface area contributed by atoms with Crippen LogP contribution in [0.5, 0.6) is 0 Å². The number of aliphatic carboxylic acids is 1. The van der Waals surface area contributed by atoms with Gasteiger partial charge in [-0.1, -0.05) is 48.5 Å². The number of hydrogen-bond donors (Lipinski definition) is 5. The zero-order chi connectivity index (χ0) is 21.4. The summed E-state index contributed by atoms with van der Waals surface area (Å²) in [6.45, 7) is -0.0223. The SMILES string of the molecule is O=C(NC(C(=O)O)C1O[C@H](O)[C@H](O)[C@H]1O)OCC1c2ccccc2-c2ccccc21. The molecule has 1 aliphatic heterocycles. The molecule has 0 radical (unpaired) electrons. The van der Waals surface area contributed by atoms with Crippen LogP contribution in [0.15, 0.2) is 48.5 Å². The summed E-state index contributed by atoms with van der Waals surface area (Å²) in [7, 11) is 0. The van der Waals surface area contributed by atoms with Crippen molar-refractivity contribution in [2.75, 3.05) is 6.61 Å². The summed E-state index contributed by atoms with van der Waals surface area (Å²) >= 11 is 0. The van der Waals surface area contributed by atoms with Crippen molar-refractivity contribution in [3.05, 3.63) is 59.7 Å². The highest BCUT2D eigenvalue weighted by Gasteiger charge is 2.48. The Hall–Kier alpha value is -2.98. The summed E-state index contributed by atoms with van der Waals surface area (Å²) in [4.78, 5) is 23.9. The van der Waals surface area contributed by atoms with Crippen LogP contribution < -0.4 is 5.32 Å². The third-order valence-corrected chi connectivity index (χ3v) is 5.49. The van der Waals surface area contributed by atoms with Crippen molar-refractivity contribution in [2.24, 2.45) is 0 Å². The van der Waals surface area contributed by atoms with Gasteiger partial charge < -0.3 is 35.2 Å². The van der Waals surface area contributed by atoms with Gasteiger partial charge in [-0.2, -0.15) is 0 Å². The summed E-state index contributed by atoms with van der Waals surface area (Å²) in [6, 6.07) is 13.8. The quantitative estimate of drug-likeness (QED) is 0.472. The third-order valence-electron chi connectivity index (χ3n) is 5.49. The maximum absolute atomic E-state index is 12.3. The highest BCUT2D eigenvalue weighted by atomic mass is 16.6. The van der Waals surface area contributed by atoms with Crippen LogP contribution in [0.3, 0.4) is 0 Å². The molecule has 1 aliphatic carbocycles. The molecule has 4 rings (SSSR count). The summed E-state index contributed by atoms with van der Waals surface area (Å²) in [6.07, 6.45) is -7.67. The molecule has 2 aromatic carbocycles. The first-order valence-corrected chi connectivity index (χ1v) is 9.42. The van der Waals surface area contributed by atoms with Crippen LogP contribution in [0.4, 0.5) is 4.79 Å². The molecule has 5 atom stereocenters. The predicted octanol–water partition coefficient (Wildman–Crippen LogP) is 0.417. The normalized spacial score (nSPS) is 26.0. The number of aliphatic hydroxyl groups is 3. The predicted molar refractivity (Wildman–Crippen MR) is 103 cm³/mol. The van der Waals surface area contributed by atoms with E-state index in [2.05, 4.69) is 5.32 Å². The first-order chi connectivity index (χ1) is 14.4. The van der Waals surface area contributed by atoms with E-state index in [0.717, 1.165) is 22.3 Å². The minimum Gasteiger partial charge on any atom is -0.480 e. The average Bonchev–Trinajstić information content (AvgIpc) is 3.19. The molecule has 0 bridgehead atoms. The molecule has 1 fully saturated rings. The lowest BCUT2D eigenvalue weighted by Crippen LogP contribution is -2.53. The van der Waals surface area contributed by atoms with Gasteiger partial charge in [-0.15, -0.1) is 0 Å². The number of hydrogen-bond acceptors (Lipinski definition) is 7. The molecule has 1 heterocycles. The van der Waals surface area contributed by atoms with Crippen molar-refractivity contribution < 1.29 is 39.5 Å². The van der Waals surface area contributed by atoms with E-state index in [0.29, 0.717) is 0 Å². The van der Waals surface area contributed by atoms with Gasteiger partial charge >= 0.3 is 12.1 Å². The lowest BCUT2D eigenvalue weighted by molar-refractivity contribution is -0.153. The molecule has 1 saturated heterocycles. The van der Waals surface area contributed by atoms with Gasteiger partial charge in [0.15, 0.2) is 12.3 Å². The van der Waals surface area contributed by atoms with Crippen LogP contribution >= 0.6 is 0 Å².